The highest BCUT2D eigenvalue weighted by Gasteiger charge is 2.18. The summed E-state index contributed by atoms with van der Waals surface area (Å²) in [5.41, 5.74) is 1.08. The zero-order valence-electron chi connectivity index (χ0n) is 13.4. The van der Waals surface area contributed by atoms with Crippen molar-refractivity contribution in [2.24, 2.45) is 0 Å². The second kappa shape index (κ2) is 7.64. The number of hydrogen-bond donors (Lipinski definition) is 1. The van der Waals surface area contributed by atoms with Gasteiger partial charge < -0.3 is 19.9 Å². The summed E-state index contributed by atoms with van der Waals surface area (Å²) in [6.45, 7) is 4.17. The minimum atomic E-state index is -0.305. The van der Waals surface area contributed by atoms with Crippen LogP contribution in [0.3, 0.4) is 0 Å². The summed E-state index contributed by atoms with van der Waals surface area (Å²) in [4.78, 5) is 16.1. The highest BCUT2D eigenvalue weighted by molar-refractivity contribution is 5.89. The van der Waals surface area contributed by atoms with Crippen molar-refractivity contribution in [2.45, 2.75) is 25.7 Å². The topological polar surface area (TPSA) is 44.8 Å². The largest absolute Gasteiger partial charge is 0.378 e. The van der Waals surface area contributed by atoms with E-state index in [9.17, 15) is 9.18 Å². The first-order valence-electron chi connectivity index (χ1n) is 8.42. The zero-order valence-corrected chi connectivity index (χ0v) is 13.4. The molecule has 23 heavy (non-hydrogen) atoms. The van der Waals surface area contributed by atoms with E-state index in [-0.39, 0.29) is 11.8 Å². The van der Waals surface area contributed by atoms with Crippen LogP contribution in [0.2, 0.25) is 0 Å². The molecule has 2 aliphatic heterocycles. The highest BCUT2D eigenvalue weighted by Crippen LogP contribution is 2.24. The number of likely N-dealkylation sites (tertiary alicyclic amines) is 1. The van der Waals surface area contributed by atoms with Gasteiger partial charge in [0.2, 0.25) is 0 Å². The van der Waals surface area contributed by atoms with Crippen LogP contribution < -0.4 is 10.2 Å². The third-order valence-corrected chi connectivity index (χ3v) is 4.44. The van der Waals surface area contributed by atoms with Crippen molar-refractivity contribution in [1.29, 1.82) is 0 Å². The molecule has 1 aromatic carbocycles. The van der Waals surface area contributed by atoms with E-state index >= 15 is 0 Å². The van der Waals surface area contributed by atoms with Crippen LogP contribution in [0.4, 0.5) is 20.6 Å². The molecule has 2 saturated heterocycles. The maximum atomic E-state index is 14.3. The molecular weight excluding hydrogens is 297 g/mol. The van der Waals surface area contributed by atoms with Crippen LogP contribution in [0.1, 0.15) is 25.7 Å². The van der Waals surface area contributed by atoms with Crippen molar-refractivity contribution < 1.29 is 13.9 Å². The monoisotopic (exact) mass is 321 g/mol. The molecule has 6 heteroatoms. The molecular formula is C17H24FN3O2. The number of benzene rings is 1. The Morgan fingerprint density at radius 1 is 1.04 bits per heavy atom. The number of carbonyl (C=O) groups is 1. The van der Waals surface area contributed by atoms with E-state index in [4.69, 9.17) is 4.74 Å². The Kier molecular flexibility index (Phi) is 5.33. The van der Waals surface area contributed by atoms with Crippen molar-refractivity contribution >= 4 is 17.4 Å². The van der Waals surface area contributed by atoms with Gasteiger partial charge in [0.1, 0.15) is 5.82 Å². The maximum absolute atomic E-state index is 14.3. The van der Waals surface area contributed by atoms with E-state index in [2.05, 4.69) is 5.32 Å². The molecule has 0 atom stereocenters. The number of hydrogen-bond acceptors (Lipinski definition) is 3. The lowest BCUT2D eigenvalue weighted by Gasteiger charge is -2.29. The number of carbonyl (C=O) groups excluding carboxylic acids is 1. The first kappa shape index (κ1) is 16.1. The average Bonchev–Trinajstić information content (AvgIpc) is 2.85. The first-order chi connectivity index (χ1) is 11.2. The number of ether oxygens (including phenoxy) is 1. The Labute approximate surface area is 136 Å². The summed E-state index contributed by atoms with van der Waals surface area (Å²) in [6.07, 6.45) is 4.43. The first-order valence-corrected chi connectivity index (χ1v) is 8.42. The Balaban J connectivity index is 1.63. The van der Waals surface area contributed by atoms with Gasteiger partial charge in [-0.3, -0.25) is 0 Å². The van der Waals surface area contributed by atoms with E-state index in [0.29, 0.717) is 37.7 Å². The molecule has 2 heterocycles. The van der Waals surface area contributed by atoms with E-state index in [0.717, 1.165) is 25.9 Å². The van der Waals surface area contributed by atoms with E-state index in [1.165, 1.54) is 18.9 Å². The fourth-order valence-corrected chi connectivity index (χ4v) is 3.12. The van der Waals surface area contributed by atoms with Crippen molar-refractivity contribution in [2.75, 3.05) is 49.6 Å². The summed E-state index contributed by atoms with van der Waals surface area (Å²) in [7, 11) is 0. The lowest BCUT2D eigenvalue weighted by molar-refractivity contribution is 0.122. The van der Waals surface area contributed by atoms with Crippen LogP contribution in [0, 0.1) is 5.82 Å². The van der Waals surface area contributed by atoms with Gasteiger partial charge in [-0.1, -0.05) is 12.8 Å². The van der Waals surface area contributed by atoms with Gasteiger partial charge in [0.15, 0.2) is 0 Å². The predicted molar refractivity (Wildman–Crippen MR) is 88.5 cm³/mol. The zero-order chi connectivity index (χ0) is 16.1. The van der Waals surface area contributed by atoms with E-state index in [1.54, 1.807) is 12.1 Å². The second-order valence-electron chi connectivity index (χ2n) is 6.10. The Morgan fingerprint density at radius 3 is 2.39 bits per heavy atom. The number of anilines is 2. The summed E-state index contributed by atoms with van der Waals surface area (Å²) >= 11 is 0. The van der Waals surface area contributed by atoms with Crippen LogP contribution in [0.25, 0.3) is 0 Å². The molecule has 1 aromatic rings. The fraction of sp³-hybridized carbons (Fsp3) is 0.588. The molecule has 126 valence electrons. The third kappa shape index (κ3) is 4.13. The van der Waals surface area contributed by atoms with Crippen LogP contribution in [0.15, 0.2) is 18.2 Å². The predicted octanol–water partition coefficient (Wildman–Crippen LogP) is 3.07. The van der Waals surface area contributed by atoms with Crippen LogP contribution >= 0.6 is 0 Å². The van der Waals surface area contributed by atoms with Gasteiger partial charge in [0.25, 0.3) is 0 Å². The minimum absolute atomic E-state index is 0.134. The standard InChI is InChI=1S/C17H24FN3O2/c18-15-13-14(5-6-16(15)20-9-11-23-12-10-20)19-17(22)21-7-3-1-2-4-8-21/h5-6,13H,1-4,7-12H2,(H,19,22). The molecule has 0 saturated carbocycles. The lowest BCUT2D eigenvalue weighted by atomic mass is 10.2. The molecule has 3 rings (SSSR count). The number of amides is 2. The number of nitrogens with zero attached hydrogens (tertiary/aromatic N) is 2. The van der Waals surface area contributed by atoms with Gasteiger partial charge in [0.05, 0.1) is 18.9 Å². The summed E-state index contributed by atoms with van der Waals surface area (Å²) in [5, 5.41) is 2.81. The van der Waals surface area contributed by atoms with E-state index < -0.39 is 0 Å². The Morgan fingerprint density at radius 2 is 1.74 bits per heavy atom. The van der Waals surface area contributed by atoms with Crippen LogP contribution in [-0.2, 0) is 4.74 Å². The van der Waals surface area contributed by atoms with Gasteiger partial charge in [-0.25, -0.2) is 9.18 Å². The third-order valence-electron chi connectivity index (χ3n) is 4.44. The van der Waals surface area contributed by atoms with E-state index in [1.807, 2.05) is 9.80 Å². The second-order valence-corrected chi connectivity index (χ2v) is 6.10. The van der Waals surface area contributed by atoms with Crippen molar-refractivity contribution in [3.05, 3.63) is 24.0 Å². The molecule has 0 aromatic heterocycles. The Bertz CT molecular complexity index is 539. The number of urea groups is 1. The van der Waals surface area contributed by atoms with Crippen molar-refractivity contribution in [3.63, 3.8) is 0 Å². The van der Waals surface area contributed by atoms with Gasteiger partial charge >= 0.3 is 6.03 Å². The number of halogens is 1. The summed E-state index contributed by atoms with van der Waals surface area (Å²) < 4.78 is 19.6. The van der Waals surface area contributed by atoms with Crippen molar-refractivity contribution in [3.8, 4) is 0 Å². The summed E-state index contributed by atoms with van der Waals surface area (Å²) in [5.74, 6) is -0.305. The highest BCUT2D eigenvalue weighted by atomic mass is 19.1. The quantitative estimate of drug-likeness (QED) is 0.910. The van der Waals surface area contributed by atoms with Gasteiger partial charge in [-0.15, -0.1) is 0 Å². The molecule has 0 aliphatic carbocycles. The SMILES string of the molecule is O=C(Nc1ccc(N2CCOCC2)c(F)c1)N1CCCCCC1. The smallest absolute Gasteiger partial charge is 0.321 e. The average molecular weight is 321 g/mol. The van der Waals surface area contributed by atoms with Crippen LogP contribution in [-0.4, -0.2) is 50.3 Å². The minimum Gasteiger partial charge on any atom is -0.378 e. The molecule has 5 nitrogen and oxygen atoms in total. The number of rotatable bonds is 2. The maximum Gasteiger partial charge on any atom is 0.321 e. The molecule has 0 unspecified atom stereocenters. The molecule has 2 aliphatic rings. The number of morpholine rings is 1. The van der Waals surface area contributed by atoms with Gasteiger partial charge in [-0.2, -0.15) is 0 Å². The van der Waals surface area contributed by atoms with Crippen molar-refractivity contribution in [1.82, 2.24) is 4.90 Å². The molecule has 0 radical (unpaired) electrons. The number of nitrogens with one attached hydrogen (secondary N) is 1. The lowest BCUT2D eigenvalue weighted by Crippen LogP contribution is -2.37. The Hall–Kier alpha value is -1.82. The molecule has 2 fully saturated rings. The molecule has 2 amide bonds. The summed E-state index contributed by atoms with van der Waals surface area (Å²) in [6, 6.07) is 4.77. The van der Waals surface area contributed by atoms with Crippen LogP contribution in [0.5, 0.6) is 0 Å². The van der Waals surface area contributed by atoms with Gasteiger partial charge in [0, 0.05) is 31.9 Å². The normalized spacial score (nSPS) is 19.3. The molecule has 0 spiro atoms. The molecule has 1 N–H and O–H groups in total. The fourth-order valence-electron chi connectivity index (χ4n) is 3.12. The van der Waals surface area contributed by atoms with Gasteiger partial charge in [-0.05, 0) is 31.0 Å². The molecule has 0 bridgehead atoms.